The molecule has 0 aromatic rings. The number of hydrogen-bond acceptors (Lipinski definition) is 4. The Kier molecular flexibility index (Phi) is 6.93. The van der Waals surface area contributed by atoms with Crippen LogP contribution in [0.1, 0.15) is 47.0 Å². The summed E-state index contributed by atoms with van der Waals surface area (Å²) < 4.78 is 5.46. The molecule has 1 fully saturated rings. The van der Waals surface area contributed by atoms with E-state index in [1.807, 2.05) is 25.7 Å². The van der Waals surface area contributed by atoms with E-state index >= 15 is 0 Å². The van der Waals surface area contributed by atoms with Crippen molar-refractivity contribution in [2.75, 3.05) is 19.6 Å². The number of urea groups is 1. The highest BCUT2D eigenvalue weighted by Gasteiger charge is 2.32. The van der Waals surface area contributed by atoms with Crippen LogP contribution in [0, 0.1) is 0 Å². The third kappa shape index (κ3) is 6.98. The fourth-order valence-corrected chi connectivity index (χ4v) is 2.64. The van der Waals surface area contributed by atoms with E-state index in [0.29, 0.717) is 13.1 Å². The van der Waals surface area contributed by atoms with Gasteiger partial charge >= 0.3 is 12.1 Å². The lowest BCUT2D eigenvalue weighted by Gasteiger charge is -2.30. The van der Waals surface area contributed by atoms with Gasteiger partial charge in [0.05, 0.1) is 0 Å². The van der Waals surface area contributed by atoms with Crippen LogP contribution < -0.4 is 16.4 Å². The third-order valence-electron chi connectivity index (χ3n) is 3.55. The molecule has 7 nitrogen and oxygen atoms in total. The van der Waals surface area contributed by atoms with Crippen LogP contribution in [-0.4, -0.2) is 54.3 Å². The molecule has 0 radical (unpaired) electrons. The number of carbonyl (C=O) groups excluding carboxylic acids is 2. The van der Waals surface area contributed by atoms with Crippen molar-refractivity contribution in [2.24, 2.45) is 5.73 Å². The van der Waals surface area contributed by atoms with Crippen LogP contribution in [0.5, 0.6) is 0 Å². The average Bonchev–Trinajstić information content (AvgIpc) is 2.80. The maximum Gasteiger partial charge on any atom is 0.410 e. The van der Waals surface area contributed by atoms with Gasteiger partial charge in [-0.2, -0.15) is 0 Å². The molecular formula is C15H30N4O3. The zero-order valence-corrected chi connectivity index (χ0v) is 14.1. The highest BCUT2D eigenvalue weighted by atomic mass is 16.6. The first-order chi connectivity index (χ1) is 10.2. The predicted molar refractivity (Wildman–Crippen MR) is 85.6 cm³/mol. The molecule has 128 valence electrons. The Morgan fingerprint density at radius 1 is 1.36 bits per heavy atom. The second kappa shape index (κ2) is 8.22. The monoisotopic (exact) mass is 314 g/mol. The number of carbonyl (C=O) groups is 2. The van der Waals surface area contributed by atoms with Gasteiger partial charge in [0.2, 0.25) is 0 Å². The number of rotatable bonds is 6. The topological polar surface area (TPSA) is 96.7 Å². The largest absolute Gasteiger partial charge is 0.444 e. The van der Waals surface area contributed by atoms with E-state index in [4.69, 9.17) is 10.5 Å². The van der Waals surface area contributed by atoms with Crippen molar-refractivity contribution >= 4 is 12.1 Å². The van der Waals surface area contributed by atoms with Gasteiger partial charge in [-0.1, -0.05) is 0 Å². The Bertz CT molecular complexity index is 381. The smallest absolute Gasteiger partial charge is 0.410 e. The number of ether oxygens (including phenoxy) is 1. The maximum absolute atomic E-state index is 12.2. The minimum atomic E-state index is -0.513. The minimum absolute atomic E-state index is 0.210. The highest BCUT2D eigenvalue weighted by molar-refractivity contribution is 5.71. The molecule has 2 atom stereocenters. The third-order valence-corrected chi connectivity index (χ3v) is 3.55. The molecule has 0 aromatic carbocycles. The summed E-state index contributed by atoms with van der Waals surface area (Å²) in [6.45, 7) is 9.64. The van der Waals surface area contributed by atoms with Crippen molar-refractivity contribution < 1.29 is 14.3 Å². The quantitative estimate of drug-likeness (QED) is 0.646. The molecule has 0 aromatic heterocycles. The first-order valence-electron chi connectivity index (χ1n) is 7.95. The van der Waals surface area contributed by atoms with Gasteiger partial charge in [-0.3, -0.25) is 0 Å². The van der Waals surface area contributed by atoms with Gasteiger partial charge in [-0.15, -0.1) is 0 Å². The van der Waals surface area contributed by atoms with Gasteiger partial charge in [0.1, 0.15) is 5.60 Å². The van der Waals surface area contributed by atoms with Crippen molar-refractivity contribution in [1.29, 1.82) is 0 Å². The van der Waals surface area contributed by atoms with Gasteiger partial charge in [-0.25, -0.2) is 9.59 Å². The van der Waals surface area contributed by atoms with E-state index in [9.17, 15) is 9.59 Å². The molecule has 0 aliphatic carbocycles. The Balaban J connectivity index is 2.36. The summed E-state index contributed by atoms with van der Waals surface area (Å²) in [6, 6.07) is -0.0505. The molecule has 22 heavy (non-hydrogen) atoms. The lowest BCUT2D eigenvalue weighted by atomic mass is 10.1. The van der Waals surface area contributed by atoms with Gasteiger partial charge in [0, 0.05) is 31.7 Å². The highest BCUT2D eigenvalue weighted by Crippen LogP contribution is 2.23. The molecule has 1 aliphatic heterocycles. The lowest BCUT2D eigenvalue weighted by molar-refractivity contribution is 0.0214. The molecule has 2 unspecified atom stereocenters. The number of nitrogens with two attached hydrogens (primary N) is 1. The number of amides is 3. The molecule has 1 heterocycles. The van der Waals surface area contributed by atoms with Crippen molar-refractivity contribution in [3.05, 3.63) is 0 Å². The van der Waals surface area contributed by atoms with E-state index < -0.39 is 11.6 Å². The second-order valence-electron chi connectivity index (χ2n) is 6.85. The van der Waals surface area contributed by atoms with E-state index in [-0.39, 0.29) is 18.2 Å². The summed E-state index contributed by atoms with van der Waals surface area (Å²) in [4.78, 5) is 24.6. The van der Waals surface area contributed by atoms with Gasteiger partial charge in [-0.05, 0) is 47.0 Å². The fraction of sp³-hybridized carbons (Fsp3) is 0.867. The molecule has 0 spiro atoms. The average molecular weight is 314 g/mol. The molecule has 7 heteroatoms. The lowest BCUT2D eigenvalue weighted by Crippen LogP contribution is -2.43. The SMILES string of the molecule is CC(CC1CCCN1C(=O)OC(C)(C)C)NCCNC(N)=O. The minimum Gasteiger partial charge on any atom is -0.444 e. The fourth-order valence-electron chi connectivity index (χ4n) is 2.64. The van der Waals surface area contributed by atoms with Crippen molar-refractivity contribution in [1.82, 2.24) is 15.5 Å². The molecule has 4 N–H and O–H groups in total. The molecule has 1 saturated heterocycles. The summed E-state index contributed by atoms with van der Waals surface area (Å²) in [7, 11) is 0. The van der Waals surface area contributed by atoms with E-state index in [1.54, 1.807) is 0 Å². The Morgan fingerprint density at radius 2 is 2.05 bits per heavy atom. The molecule has 1 rings (SSSR count). The van der Waals surface area contributed by atoms with Crippen LogP contribution in [0.4, 0.5) is 9.59 Å². The number of likely N-dealkylation sites (tertiary alicyclic amines) is 1. The zero-order valence-electron chi connectivity index (χ0n) is 14.1. The van der Waals surface area contributed by atoms with Gasteiger partial charge < -0.3 is 26.0 Å². The van der Waals surface area contributed by atoms with E-state index in [0.717, 1.165) is 25.8 Å². The number of hydrogen-bond donors (Lipinski definition) is 3. The maximum atomic E-state index is 12.2. The van der Waals surface area contributed by atoms with E-state index in [1.165, 1.54) is 0 Å². The number of primary amides is 1. The first kappa shape index (κ1) is 18.5. The van der Waals surface area contributed by atoms with E-state index in [2.05, 4.69) is 17.6 Å². The Hall–Kier alpha value is -1.50. The summed E-state index contributed by atoms with van der Waals surface area (Å²) in [5.41, 5.74) is 4.54. The Labute approximate surface area is 132 Å². The molecule has 0 bridgehead atoms. The normalized spacial score (nSPS) is 19.8. The summed E-state index contributed by atoms with van der Waals surface area (Å²) in [5.74, 6) is 0. The van der Waals surface area contributed by atoms with Crippen LogP contribution >= 0.6 is 0 Å². The molecule has 3 amide bonds. The van der Waals surface area contributed by atoms with Crippen LogP contribution in [0.2, 0.25) is 0 Å². The van der Waals surface area contributed by atoms with Crippen LogP contribution in [0.3, 0.4) is 0 Å². The van der Waals surface area contributed by atoms with Crippen LogP contribution in [0.25, 0.3) is 0 Å². The number of nitrogens with one attached hydrogen (secondary N) is 2. The van der Waals surface area contributed by atoms with Crippen molar-refractivity contribution in [2.45, 2.75) is 64.6 Å². The molecule has 0 saturated carbocycles. The summed E-state index contributed by atoms with van der Waals surface area (Å²) in [6.07, 6.45) is 2.66. The summed E-state index contributed by atoms with van der Waals surface area (Å²) >= 11 is 0. The van der Waals surface area contributed by atoms with Gasteiger partial charge in [0.25, 0.3) is 0 Å². The Morgan fingerprint density at radius 3 is 2.64 bits per heavy atom. The van der Waals surface area contributed by atoms with Crippen LogP contribution in [-0.2, 0) is 4.74 Å². The molecular weight excluding hydrogens is 284 g/mol. The zero-order chi connectivity index (χ0) is 16.8. The first-order valence-corrected chi connectivity index (χ1v) is 7.95. The standard InChI is InChI=1S/C15H30N4O3/c1-11(17-7-8-18-13(16)20)10-12-6-5-9-19(12)14(21)22-15(2,3)4/h11-12,17H,5-10H2,1-4H3,(H3,16,18,20). The predicted octanol–water partition coefficient (Wildman–Crippen LogP) is 1.42. The second-order valence-corrected chi connectivity index (χ2v) is 6.85. The van der Waals surface area contributed by atoms with Gasteiger partial charge in [0.15, 0.2) is 0 Å². The van der Waals surface area contributed by atoms with Crippen molar-refractivity contribution in [3.63, 3.8) is 0 Å². The van der Waals surface area contributed by atoms with Crippen molar-refractivity contribution in [3.8, 4) is 0 Å². The van der Waals surface area contributed by atoms with Crippen LogP contribution in [0.15, 0.2) is 0 Å². The molecule has 1 aliphatic rings. The summed E-state index contributed by atoms with van der Waals surface area (Å²) in [5, 5.41) is 5.86. The number of nitrogens with zero attached hydrogens (tertiary/aromatic N) is 1.